The third-order valence-electron chi connectivity index (χ3n) is 1.87. The molecule has 0 saturated heterocycles. The molecule has 0 aromatic heterocycles. The van der Waals surface area contributed by atoms with Gasteiger partial charge in [0.15, 0.2) is 0 Å². The molecular formula is C11H17N3. The van der Waals surface area contributed by atoms with Crippen molar-refractivity contribution in [2.75, 3.05) is 27.2 Å². The first-order valence-corrected chi connectivity index (χ1v) is 4.45. The number of hydrogen-bond acceptors (Lipinski definition) is 3. The van der Waals surface area contributed by atoms with E-state index in [4.69, 9.17) is 5.26 Å². The van der Waals surface area contributed by atoms with Crippen LogP contribution in [0.1, 0.15) is 0 Å². The third-order valence-corrected chi connectivity index (χ3v) is 1.87. The fraction of sp³-hybridized carbons (Fsp3) is 0.364. The Labute approximate surface area is 86.0 Å². The topological polar surface area (TPSA) is 39.1 Å². The third kappa shape index (κ3) is 3.92. The number of likely N-dealkylation sites (N-methyl/N-ethyl adjacent to an activating group) is 2. The van der Waals surface area contributed by atoms with Crippen molar-refractivity contribution in [2.45, 2.75) is 0 Å². The summed E-state index contributed by atoms with van der Waals surface area (Å²) >= 11 is 0. The standard InChI is InChI=1S/C11H17N3/c1-5-6-11(9-12)10(2)14(4)8-7-13-3/h5-6,13H,1-2,7-8H2,3-4H3/b11-6-. The van der Waals surface area contributed by atoms with Crippen LogP contribution in [0, 0.1) is 11.3 Å². The van der Waals surface area contributed by atoms with Crippen molar-refractivity contribution < 1.29 is 0 Å². The molecule has 0 atom stereocenters. The second kappa shape index (κ2) is 6.93. The highest BCUT2D eigenvalue weighted by Gasteiger charge is 2.05. The van der Waals surface area contributed by atoms with Gasteiger partial charge in [-0.25, -0.2) is 0 Å². The Hall–Kier alpha value is -1.53. The number of hydrogen-bond donors (Lipinski definition) is 1. The van der Waals surface area contributed by atoms with Crippen molar-refractivity contribution in [3.8, 4) is 6.07 Å². The second-order valence-corrected chi connectivity index (χ2v) is 2.90. The zero-order chi connectivity index (χ0) is 11.0. The molecule has 0 fully saturated rings. The molecule has 0 rings (SSSR count). The van der Waals surface area contributed by atoms with E-state index in [1.807, 2.05) is 19.0 Å². The molecular weight excluding hydrogens is 174 g/mol. The number of allylic oxidation sites excluding steroid dienone is 3. The van der Waals surface area contributed by atoms with Gasteiger partial charge in [-0.2, -0.15) is 5.26 Å². The molecule has 0 spiro atoms. The van der Waals surface area contributed by atoms with Crippen LogP contribution in [0.3, 0.4) is 0 Å². The van der Waals surface area contributed by atoms with Gasteiger partial charge in [0.2, 0.25) is 0 Å². The van der Waals surface area contributed by atoms with Crippen LogP contribution in [-0.4, -0.2) is 32.1 Å². The van der Waals surface area contributed by atoms with Crippen LogP contribution < -0.4 is 5.32 Å². The largest absolute Gasteiger partial charge is 0.373 e. The van der Waals surface area contributed by atoms with Crippen molar-refractivity contribution >= 4 is 0 Å². The molecule has 3 heteroatoms. The quantitative estimate of drug-likeness (QED) is 0.508. The predicted octanol–water partition coefficient (Wildman–Crippen LogP) is 1.29. The highest BCUT2D eigenvalue weighted by molar-refractivity contribution is 5.41. The van der Waals surface area contributed by atoms with E-state index in [-0.39, 0.29) is 0 Å². The molecule has 0 bridgehead atoms. The van der Waals surface area contributed by atoms with E-state index < -0.39 is 0 Å². The summed E-state index contributed by atoms with van der Waals surface area (Å²) in [7, 11) is 3.80. The molecule has 0 radical (unpaired) electrons. The maximum absolute atomic E-state index is 8.83. The van der Waals surface area contributed by atoms with Gasteiger partial charge in [-0.05, 0) is 13.1 Å². The van der Waals surface area contributed by atoms with Gasteiger partial charge in [0.25, 0.3) is 0 Å². The molecule has 76 valence electrons. The Balaban J connectivity index is 4.37. The highest BCUT2D eigenvalue weighted by Crippen LogP contribution is 2.09. The molecule has 14 heavy (non-hydrogen) atoms. The minimum Gasteiger partial charge on any atom is -0.373 e. The van der Waals surface area contributed by atoms with Crippen molar-refractivity contribution in [3.63, 3.8) is 0 Å². The maximum Gasteiger partial charge on any atom is 0.101 e. The monoisotopic (exact) mass is 191 g/mol. The fourth-order valence-electron chi connectivity index (χ4n) is 0.936. The first kappa shape index (κ1) is 12.5. The number of nitrogens with zero attached hydrogens (tertiary/aromatic N) is 2. The second-order valence-electron chi connectivity index (χ2n) is 2.90. The van der Waals surface area contributed by atoms with Gasteiger partial charge in [-0.15, -0.1) is 0 Å². The normalized spacial score (nSPS) is 10.5. The van der Waals surface area contributed by atoms with Crippen LogP contribution in [0.5, 0.6) is 0 Å². The first-order chi connectivity index (χ1) is 6.67. The van der Waals surface area contributed by atoms with Crippen LogP contribution >= 0.6 is 0 Å². The summed E-state index contributed by atoms with van der Waals surface area (Å²) in [5.41, 5.74) is 1.28. The van der Waals surface area contributed by atoms with Gasteiger partial charge in [-0.3, -0.25) is 0 Å². The lowest BCUT2D eigenvalue weighted by atomic mass is 10.2. The van der Waals surface area contributed by atoms with E-state index in [0.717, 1.165) is 18.8 Å². The van der Waals surface area contributed by atoms with Crippen LogP contribution in [-0.2, 0) is 0 Å². The van der Waals surface area contributed by atoms with Crippen molar-refractivity contribution in [1.82, 2.24) is 10.2 Å². The van der Waals surface area contributed by atoms with Crippen LogP contribution in [0.25, 0.3) is 0 Å². The lowest BCUT2D eigenvalue weighted by molar-refractivity contribution is 0.426. The molecule has 0 unspecified atom stereocenters. The Kier molecular flexibility index (Phi) is 6.17. The van der Waals surface area contributed by atoms with E-state index >= 15 is 0 Å². The molecule has 0 amide bonds. The summed E-state index contributed by atoms with van der Waals surface area (Å²) in [6.45, 7) is 9.10. The summed E-state index contributed by atoms with van der Waals surface area (Å²) in [6.07, 6.45) is 3.26. The lowest BCUT2D eigenvalue weighted by Gasteiger charge is -2.20. The fourth-order valence-corrected chi connectivity index (χ4v) is 0.936. The van der Waals surface area contributed by atoms with E-state index in [1.54, 1.807) is 12.2 Å². The Morgan fingerprint density at radius 1 is 1.64 bits per heavy atom. The molecule has 3 nitrogen and oxygen atoms in total. The zero-order valence-corrected chi connectivity index (χ0v) is 8.88. The molecule has 0 heterocycles. The van der Waals surface area contributed by atoms with Crippen molar-refractivity contribution in [1.29, 1.82) is 5.26 Å². The summed E-state index contributed by atoms with van der Waals surface area (Å²) < 4.78 is 0. The lowest BCUT2D eigenvalue weighted by Crippen LogP contribution is -2.27. The van der Waals surface area contributed by atoms with Crippen molar-refractivity contribution in [2.24, 2.45) is 0 Å². The first-order valence-electron chi connectivity index (χ1n) is 4.45. The Bertz CT molecular complexity index is 271. The molecule has 0 aliphatic carbocycles. The van der Waals surface area contributed by atoms with Crippen LogP contribution in [0.4, 0.5) is 0 Å². The molecule has 1 N–H and O–H groups in total. The van der Waals surface area contributed by atoms with Gasteiger partial charge >= 0.3 is 0 Å². The number of nitriles is 1. The van der Waals surface area contributed by atoms with Crippen LogP contribution in [0.15, 0.2) is 36.6 Å². The maximum atomic E-state index is 8.83. The van der Waals surface area contributed by atoms with Gasteiger partial charge in [0.1, 0.15) is 6.07 Å². The Morgan fingerprint density at radius 2 is 2.29 bits per heavy atom. The molecule has 0 aliphatic heterocycles. The van der Waals surface area contributed by atoms with Gasteiger partial charge in [-0.1, -0.05) is 19.2 Å². The molecule has 0 aliphatic rings. The summed E-state index contributed by atoms with van der Waals surface area (Å²) in [5, 5.41) is 11.9. The Morgan fingerprint density at radius 3 is 2.71 bits per heavy atom. The summed E-state index contributed by atoms with van der Waals surface area (Å²) in [6, 6.07) is 2.09. The SMILES string of the molecule is C=C/C=C(/C#N)C(=C)N(C)CCNC. The van der Waals surface area contributed by atoms with Gasteiger partial charge in [0, 0.05) is 25.8 Å². The van der Waals surface area contributed by atoms with E-state index in [9.17, 15) is 0 Å². The van der Waals surface area contributed by atoms with Crippen LogP contribution in [0.2, 0.25) is 0 Å². The van der Waals surface area contributed by atoms with E-state index in [1.165, 1.54) is 0 Å². The summed E-state index contributed by atoms with van der Waals surface area (Å²) in [4.78, 5) is 1.94. The minimum absolute atomic E-state index is 0.554. The zero-order valence-electron chi connectivity index (χ0n) is 8.88. The smallest absolute Gasteiger partial charge is 0.101 e. The molecule has 0 aromatic rings. The molecule has 0 aromatic carbocycles. The van der Waals surface area contributed by atoms with Gasteiger partial charge < -0.3 is 10.2 Å². The van der Waals surface area contributed by atoms with Gasteiger partial charge in [0.05, 0.1) is 5.57 Å². The number of nitrogens with one attached hydrogen (secondary N) is 1. The molecule has 0 saturated carbocycles. The predicted molar refractivity (Wildman–Crippen MR) is 59.6 cm³/mol. The number of rotatable bonds is 6. The average Bonchev–Trinajstić information content (AvgIpc) is 2.21. The van der Waals surface area contributed by atoms with Crippen molar-refractivity contribution in [3.05, 3.63) is 36.6 Å². The minimum atomic E-state index is 0.554. The summed E-state index contributed by atoms with van der Waals surface area (Å²) in [5.74, 6) is 0. The van der Waals surface area contributed by atoms with E-state index in [0.29, 0.717) is 5.57 Å². The average molecular weight is 191 g/mol. The highest BCUT2D eigenvalue weighted by atomic mass is 15.1. The van der Waals surface area contributed by atoms with E-state index in [2.05, 4.69) is 24.5 Å².